The fourth-order valence-corrected chi connectivity index (χ4v) is 4.36. The molecule has 4 rings (SSSR count). The Bertz CT molecular complexity index is 961. The van der Waals surface area contributed by atoms with E-state index in [-0.39, 0.29) is 5.91 Å². The number of phenolic OH excluding ortho intramolecular Hbond substituents is 1. The third kappa shape index (κ3) is 3.96. The second-order valence-electron chi connectivity index (χ2n) is 7.00. The molecule has 5 nitrogen and oxygen atoms in total. The van der Waals surface area contributed by atoms with Gasteiger partial charge in [0, 0.05) is 49.4 Å². The van der Waals surface area contributed by atoms with Crippen LogP contribution in [-0.4, -0.2) is 52.0 Å². The molecule has 0 unspecified atom stereocenters. The molecule has 1 aliphatic heterocycles. The van der Waals surface area contributed by atoms with Crippen molar-refractivity contribution < 1.29 is 9.90 Å². The molecule has 6 heteroatoms. The summed E-state index contributed by atoms with van der Waals surface area (Å²) >= 11 is 1.55. The molecule has 2 aromatic carbocycles. The number of hydrogen-bond donors (Lipinski definition) is 1. The number of phenols is 1. The predicted molar refractivity (Wildman–Crippen MR) is 108 cm³/mol. The quantitative estimate of drug-likeness (QED) is 0.754. The van der Waals surface area contributed by atoms with Gasteiger partial charge in [-0.05, 0) is 23.8 Å². The summed E-state index contributed by atoms with van der Waals surface area (Å²) in [5, 5.41) is 15.5. The van der Waals surface area contributed by atoms with Crippen LogP contribution in [0.25, 0.3) is 10.8 Å². The molecule has 0 aliphatic carbocycles. The molecule has 0 spiro atoms. The van der Waals surface area contributed by atoms with Crippen LogP contribution in [0.5, 0.6) is 5.75 Å². The maximum Gasteiger partial charge on any atom is 0.229 e. The number of aryl methyl sites for hydroxylation is 1. The summed E-state index contributed by atoms with van der Waals surface area (Å²) in [7, 11) is 0. The number of carbonyl (C=O) groups is 1. The van der Waals surface area contributed by atoms with Crippen LogP contribution in [0, 0.1) is 6.92 Å². The maximum absolute atomic E-state index is 12.5. The van der Waals surface area contributed by atoms with Gasteiger partial charge in [-0.2, -0.15) is 0 Å². The van der Waals surface area contributed by atoms with E-state index in [0.29, 0.717) is 31.8 Å². The molecule has 0 bridgehead atoms. The van der Waals surface area contributed by atoms with Crippen molar-refractivity contribution >= 4 is 28.0 Å². The largest absolute Gasteiger partial charge is 0.508 e. The number of amides is 1. The van der Waals surface area contributed by atoms with Crippen LogP contribution in [0.3, 0.4) is 0 Å². The first-order chi connectivity index (χ1) is 13.1. The Balaban J connectivity index is 1.39. The smallest absolute Gasteiger partial charge is 0.229 e. The lowest BCUT2D eigenvalue weighted by atomic mass is 10.0. The average molecular weight is 382 g/mol. The zero-order chi connectivity index (χ0) is 18.8. The molecule has 1 aliphatic rings. The first-order valence-corrected chi connectivity index (χ1v) is 10.1. The second-order valence-corrected chi connectivity index (χ2v) is 7.94. The molecule has 1 N–H and O–H groups in total. The van der Waals surface area contributed by atoms with Gasteiger partial charge >= 0.3 is 0 Å². The van der Waals surface area contributed by atoms with Crippen molar-refractivity contribution in [2.75, 3.05) is 26.2 Å². The SMILES string of the molecule is Cc1csc(CC(=O)N2CCN(Cc3c(O)ccc4ccccc34)CC2)n1. The predicted octanol–water partition coefficient (Wildman–Crippen LogP) is 3.20. The van der Waals surface area contributed by atoms with Gasteiger partial charge in [-0.1, -0.05) is 30.3 Å². The van der Waals surface area contributed by atoms with Gasteiger partial charge in [0.1, 0.15) is 10.8 Å². The molecule has 1 amide bonds. The Morgan fingerprint density at radius 3 is 2.67 bits per heavy atom. The number of hydrogen-bond acceptors (Lipinski definition) is 5. The number of aromatic hydroxyl groups is 1. The Morgan fingerprint density at radius 2 is 1.93 bits per heavy atom. The molecular weight excluding hydrogens is 358 g/mol. The zero-order valence-electron chi connectivity index (χ0n) is 15.4. The normalized spacial score (nSPS) is 15.4. The van der Waals surface area contributed by atoms with Gasteiger partial charge in [0.15, 0.2) is 0 Å². The van der Waals surface area contributed by atoms with Crippen LogP contribution in [0.1, 0.15) is 16.3 Å². The molecule has 1 aromatic heterocycles. The van der Waals surface area contributed by atoms with E-state index >= 15 is 0 Å². The highest BCUT2D eigenvalue weighted by molar-refractivity contribution is 7.09. The van der Waals surface area contributed by atoms with Crippen LogP contribution in [0.2, 0.25) is 0 Å². The van der Waals surface area contributed by atoms with Crippen molar-refractivity contribution in [3.8, 4) is 5.75 Å². The third-order valence-electron chi connectivity index (χ3n) is 5.09. The fourth-order valence-electron chi connectivity index (χ4n) is 3.59. The van der Waals surface area contributed by atoms with E-state index in [9.17, 15) is 9.90 Å². The third-order valence-corrected chi connectivity index (χ3v) is 6.06. The summed E-state index contributed by atoms with van der Waals surface area (Å²) in [6, 6.07) is 11.9. The van der Waals surface area contributed by atoms with Gasteiger partial charge in [-0.25, -0.2) is 4.98 Å². The van der Waals surface area contributed by atoms with E-state index in [0.717, 1.165) is 40.1 Å². The first kappa shape index (κ1) is 17.9. The maximum atomic E-state index is 12.5. The van der Waals surface area contributed by atoms with Gasteiger partial charge in [0.25, 0.3) is 0 Å². The van der Waals surface area contributed by atoms with Gasteiger partial charge < -0.3 is 10.0 Å². The summed E-state index contributed by atoms with van der Waals surface area (Å²) in [6.07, 6.45) is 0.391. The highest BCUT2D eigenvalue weighted by Crippen LogP contribution is 2.28. The van der Waals surface area contributed by atoms with Gasteiger partial charge in [0.2, 0.25) is 5.91 Å². The van der Waals surface area contributed by atoms with E-state index in [1.165, 1.54) is 0 Å². The van der Waals surface area contributed by atoms with Gasteiger partial charge in [-0.3, -0.25) is 9.69 Å². The zero-order valence-corrected chi connectivity index (χ0v) is 16.2. The number of thiazole rings is 1. The molecule has 0 atom stereocenters. The van der Waals surface area contributed by atoms with Crippen LogP contribution in [0.4, 0.5) is 0 Å². The number of fused-ring (bicyclic) bond motifs is 1. The molecule has 2 heterocycles. The van der Waals surface area contributed by atoms with Crippen molar-refractivity contribution in [3.63, 3.8) is 0 Å². The summed E-state index contributed by atoms with van der Waals surface area (Å²) < 4.78 is 0. The molecule has 140 valence electrons. The second kappa shape index (κ2) is 7.66. The molecular formula is C21H23N3O2S. The lowest BCUT2D eigenvalue weighted by Gasteiger charge is -2.35. The van der Waals surface area contributed by atoms with E-state index in [1.54, 1.807) is 17.4 Å². The number of rotatable bonds is 4. The molecule has 1 saturated heterocycles. The molecule has 0 radical (unpaired) electrons. The van der Waals surface area contributed by atoms with Crippen molar-refractivity contribution in [2.45, 2.75) is 19.9 Å². The minimum atomic E-state index is 0.150. The summed E-state index contributed by atoms with van der Waals surface area (Å²) in [5.74, 6) is 0.489. The van der Waals surface area contributed by atoms with Gasteiger partial charge in [0.05, 0.1) is 6.42 Å². The minimum absolute atomic E-state index is 0.150. The molecule has 0 saturated carbocycles. The van der Waals surface area contributed by atoms with Crippen molar-refractivity contribution in [1.82, 2.24) is 14.8 Å². The summed E-state index contributed by atoms with van der Waals surface area (Å²) in [4.78, 5) is 21.1. The van der Waals surface area contributed by atoms with E-state index < -0.39 is 0 Å². The fraction of sp³-hybridized carbons (Fsp3) is 0.333. The lowest BCUT2D eigenvalue weighted by molar-refractivity contribution is -0.132. The summed E-state index contributed by atoms with van der Waals surface area (Å²) in [5.41, 5.74) is 1.94. The molecule has 1 fully saturated rings. The molecule has 3 aromatic rings. The first-order valence-electron chi connectivity index (χ1n) is 9.21. The highest BCUT2D eigenvalue weighted by Gasteiger charge is 2.23. The number of carbonyl (C=O) groups excluding carboxylic acids is 1. The van der Waals surface area contributed by atoms with Gasteiger partial charge in [-0.15, -0.1) is 11.3 Å². The standard InChI is InChI=1S/C21H23N3O2S/c1-15-14-27-20(22-15)12-21(26)24-10-8-23(9-11-24)13-18-17-5-3-2-4-16(17)6-7-19(18)25/h2-7,14,25H,8-13H2,1H3. The Labute approximate surface area is 162 Å². The number of benzene rings is 2. The highest BCUT2D eigenvalue weighted by atomic mass is 32.1. The Kier molecular flexibility index (Phi) is 5.09. The number of nitrogens with zero attached hydrogens (tertiary/aromatic N) is 3. The van der Waals surface area contributed by atoms with Crippen LogP contribution in [-0.2, 0) is 17.8 Å². The Morgan fingerprint density at radius 1 is 1.15 bits per heavy atom. The Hall–Kier alpha value is -2.44. The van der Waals surface area contributed by atoms with E-state index in [1.807, 2.05) is 35.4 Å². The minimum Gasteiger partial charge on any atom is -0.508 e. The van der Waals surface area contributed by atoms with Crippen LogP contribution < -0.4 is 0 Å². The molecule has 27 heavy (non-hydrogen) atoms. The van der Waals surface area contributed by atoms with Crippen LogP contribution in [0.15, 0.2) is 41.8 Å². The van der Waals surface area contributed by atoms with E-state index in [2.05, 4.69) is 22.0 Å². The topological polar surface area (TPSA) is 56.7 Å². The average Bonchev–Trinajstić information content (AvgIpc) is 3.09. The van der Waals surface area contributed by atoms with E-state index in [4.69, 9.17) is 0 Å². The van der Waals surface area contributed by atoms with Crippen LogP contribution >= 0.6 is 11.3 Å². The lowest BCUT2D eigenvalue weighted by Crippen LogP contribution is -2.48. The number of piperazine rings is 1. The van der Waals surface area contributed by atoms with Crippen molar-refractivity contribution in [1.29, 1.82) is 0 Å². The number of aromatic nitrogens is 1. The monoisotopic (exact) mass is 381 g/mol. The summed E-state index contributed by atoms with van der Waals surface area (Å²) in [6.45, 7) is 5.70. The van der Waals surface area contributed by atoms with Crippen molar-refractivity contribution in [2.24, 2.45) is 0 Å². The van der Waals surface area contributed by atoms with Crippen molar-refractivity contribution in [3.05, 3.63) is 58.0 Å².